The molecule has 3 unspecified atom stereocenters. The molecule has 3 atom stereocenters. The van der Waals surface area contributed by atoms with E-state index in [4.69, 9.17) is 9.78 Å². The van der Waals surface area contributed by atoms with Crippen molar-refractivity contribution in [1.29, 1.82) is 0 Å². The third kappa shape index (κ3) is 15.6. The third-order valence-corrected chi connectivity index (χ3v) is 6.11. The van der Waals surface area contributed by atoms with Crippen molar-refractivity contribution in [3.63, 3.8) is 0 Å². The lowest BCUT2D eigenvalue weighted by Gasteiger charge is -2.16. The van der Waals surface area contributed by atoms with E-state index < -0.39 is 0 Å². The lowest BCUT2D eigenvalue weighted by molar-refractivity contribution is -0.305. The first-order valence-corrected chi connectivity index (χ1v) is 12.3. The SMILES string of the molecule is CC(C)CCCC(C)CCCC(C)CCCC(C)CCOOCc1ccccc1. The normalized spacial score (nSPS) is 14.8. The number of hydrogen-bond donors (Lipinski definition) is 0. The molecule has 0 saturated carbocycles. The minimum Gasteiger partial charge on any atom is -0.236 e. The van der Waals surface area contributed by atoms with Crippen LogP contribution in [0.5, 0.6) is 0 Å². The van der Waals surface area contributed by atoms with Crippen LogP contribution in [-0.2, 0) is 16.4 Å². The largest absolute Gasteiger partial charge is 0.236 e. The van der Waals surface area contributed by atoms with Gasteiger partial charge in [0.1, 0.15) is 6.61 Å². The van der Waals surface area contributed by atoms with E-state index in [0.717, 1.165) is 29.7 Å². The Balaban J connectivity index is 1.92. The summed E-state index contributed by atoms with van der Waals surface area (Å²) in [5.74, 6) is 3.35. The van der Waals surface area contributed by atoms with E-state index in [2.05, 4.69) is 46.8 Å². The van der Waals surface area contributed by atoms with Crippen molar-refractivity contribution in [1.82, 2.24) is 0 Å². The highest BCUT2D eigenvalue weighted by molar-refractivity contribution is 5.13. The average Bonchev–Trinajstić information content (AvgIpc) is 2.68. The summed E-state index contributed by atoms with van der Waals surface area (Å²) >= 11 is 0. The van der Waals surface area contributed by atoms with Crippen LogP contribution < -0.4 is 0 Å². The molecular formula is C27H48O2. The topological polar surface area (TPSA) is 18.5 Å². The van der Waals surface area contributed by atoms with Gasteiger partial charge in [-0.15, -0.1) is 0 Å². The number of hydrogen-bond acceptors (Lipinski definition) is 2. The third-order valence-electron chi connectivity index (χ3n) is 6.11. The molecule has 0 radical (unpaired) electrons. The molecule has 0 spiro atoms. The van der Waals surface area contributed by atoms with Gasteiger partial charge in [0.05, 0.1) is 6.61 Å². The summed E-state index contributed by atoms with van der Waals surface area (Å²) in [4.78, 5) is 10.7. The smallest absolute Gasteiger partial charge is 0.107 e. The second kappa shape index (κ2) is 16.9. The molecule has 1 aromatic rings. The summed E-state index contributed by atoms with van der Waals surface area (Å²) in [6.07, 6.45) is 13.5. The first-order valence-electron chi connectivity index (χ1n) is 12.3. The molecule has 0 aliphatic heterocycles. The molecule has 0 aromatic heterocycles. The maximum Gasteiger partial charge on any atom is 0.107 e. The van der Waals surface area contributed by atoms with Gasteiger partial charge in [-0.25, -0.2) is 9.78 Å². The van der Waals surface area contributed by atoms with E-state index in [1.54, 1.807) is 0 Å². The van der Waals surface area contributed by atoms with Crippen molar-refractivity contribution in [2.75, 3.05) is 6.61 Å². The molecule has 0 bridgehead atoms. The fraction of sp³-hybridized carbons (Fsp3) is 0.778. The fourth-order valence-corrected chi connectivity index (χ4v) is 3.93. The minimum absolute atomic E-state index is 0.531. The Labute approximate surface area is 181 Å². The molecule has 2 heteroatoms. The highest BCUT2D eigenvalue weighted by atomic mass is 17.2. The van der Waals surface area contributed by atoms with Gasteiger partial charge in [-0.1, -0.05) is 123 Å². The first-order chi connectivity index (χ1) is 14.0. The monoisotopic (exact) mass is 404 g/mol. The first kappa shape index (κ1) is 26.2. The second-order valence-electron chi connectivity index (χ2n) is 9.86. The van der Waals surface area contributed by atoms with Crippen LogP contribution in [0.4, 0.5) is 0 Å². The van der Waals surface area contributed by atoms with Crippen molar-refractivity contribution >= 4 is 0 Å². The van der Waals surface area contributed by atoms with Gasteiger partial charge in [0.15, 0.2) is 0 Å². The van der Waals surface area contributed by atoms with E-state index in [1.165, 1.54) is 57.8 Å². The van der Waals surface area contributed by atoms with Crippen LogP contribution in [0.15, 0.2) is 30.3 Å². The molecule has 0 fully saturated rings. The van der Waals surface area contributed by atoms with Crippen molar-refractivity contribution in [2.45, 2.75) is 105 Å². The van der Waals surface area contributed by atoms with E-state index in [0.29, 0.717) is 19.1 Å². The minimum atomic E-state index is 0.531. The van der Waals surface area contributed by atoms with Gasteiger partial charge in [-0.3, -0.25) is 0 Å². The molecule has 0 heterocycles. The zero-order valence-corrected chi connectivity index (χ0v) is 20.0. The van der Waals surface area contributed by atoms with Crippen molar-refractivity contribution < 1.29 is 9.78 Å². The zero-order valence-electron chi connectivity index (χ0n) is 20.0. The highest BCUT2D eigenvalue weighted by Gasteiger charge is 2.08. The predicted octanol–water partition coefficient (Wildman–Crippen LogP) is 8.60. The summed E-state index contributed by atoms with van der Waals surface area (Å²) in [5, 5.41) is 0. The van der Waals surface area contributed by atoms with E-state index in [1.807, 2.05) is 18.2 Å². The Morgan fingerprint density at radius 2 is 1.07 bits per heavy atom. The van der Waals surface area contributed by atoms with Gasteiger partial charge >= 0.3 is 0 Å². The average molecular weight is 405 g/mol. The molecule has 0 saturated heterocycles. The van der Waals surface area contributed by atoms with Crippen LogP contribution in [0.2, 0.25) is 0 Å². The molecule has 1 rings (SSSR count). The van der Waals surface area contributed by atoms with Crippen molar-refractivity contribution in [2.24, 2.45) is 23.7 Å². The van der Waals surface area contributed by atoms with Crippen LogP contribution >= 0.6 is 0 Å². The summed E-state index contributed by atoms with van der Waals surface area (Å²) in [5.41, 5.74) is 1.15. The summed E-state index contributed by atoms with van der Waals surface area (Å²) in [6.45, 7) is 13.1. The fourth-order valence-electron chi connectivity index (χ4n) is 3.93. The molecule has 0 aliphatic rings. The molecule has 0 aliphatic carbocycles. The molecule has 168 valence electrons. The quantitative estimate of drug-likeness (QED) is 0.138. The molecule has 0 N–H and O–H groups in total. The zero-order chi connectivity index (χ0) is 21.3. The van der Waals surface area contributed by atoms with Crippen LogP contribution in [-0.4, -0.2) is 6.61 Å². The molecule has 2 nitrogen and oxygen atoms in total. The van der Waals surface area contributed by atoms with Gasteiger partial charge in [-0.05, 0) is 35.7 Å². The lowest BCUT2D eigenvalue weighted by atomic mass is 9.91. The molecule has 29 heavy (non-hydrogen) atoms. The van der Waals surface area contributed by atoms with Crippen LogP contribution in [0.1, 0.15) is 104 Å². The van der Waals surface area contributed by atoms with E-state index in [-0.39, 0.29) is 0 Å². The van der Waals surface area contributed by atoms with Gasteiger partial charge in [-0.2, -0.15) is 0 Å². The van der Waals surface area contributed by atoms with Gasteiger partial charge in [0.25, 0.3) is 0 Å². The molecular weight excluding hydrogens is 356 g/mol. The number of benzene rings is 1. The van der Waals surface area contributed by atoms with Crippen molar-refractivity contribution in [3.05, 3.63) is 35.9 Å². The van der Waals surface area contributed by atoms with Crippen LogP contribution in [0.3, 0.4) is 0 Å². The summed E-state index contributed by atoms with van der Waals surface area (Å²) < 4.78 is 0. The van der Waals surface area contributed by atoms with Gasteiger partial charge in [0, 0.05) is 0 Å². The Morgan fingerprint density at radius 3 is 1.59 bits per heavy atom. The van der Waals surface area contributed by atoms with E-state index in [9.17, 15) is 0 Å². The Kier molecular flexibility index (Phi) is 15.2. The maximum atomic E-state index is 5.35. The molecule has 1 aromatic carbocycles. The Morgan fingerprint density at radius 1 is 0.586 bits per heavy atom. The Hall–Kier alpha value is -0.860. The highest BCUT2D eigenvalue weighted by Crippen LogP contribution is 2.22. The van der Waals surface area contributed by atoms with Gasteiger partial charge in [0.2, 0.25) is 0 Å². The Bertz CT molecular complexity index is 471. The second-order valence-corrected chi connectivity index (χ2v) is 9.86. The lowest BCUT2D eigenvalue weighted by Crippen LogP contribution is -2.04. The predicted molar refractivity (Wildman–Crippen MR) is 126 cm³/mol. The standard InChI is InChI=1S/C27H48O2/c1-23(2)12-9-13-24(3)14-10-15-25(4)16-11-17-26(5)20-21-28-29-22-27-18-7-6-8-19-27/h6-8,18-19,23-26H,9-17,20-22H2,1-5H3. The number of rotatable bonds is 18. The summed E-state index contributed by atoms with van der Waals surface area (Å²) in [6, 6.07) is 10.2. The summed E-state index contributed by atoms with van der Waals surface area (Å²) in [7, 11) is 0. The maximum absolute atomic E-state index is 5.35. The van der Waals surface area contributed by atoms with Crippen LogP contribution in [0.25, 0.3) is 0 Å². The molecule has 0 amide bonds. The van der Waals surface area contributed by atoms with E-state index >= 15 is 0 Å². The van der Waals surface area contributed by atoms with Crippen molar-refractivity contribution in [3.8, 4) is 0 Å². The van der Waals surface area contributed by atoms with Gasteiger partial charge < -0.3 is 0 Å². The van der Waals surface area contributed by atoms with Crippen LogP contribution in [0, 0.1) is 23.7 Å².